The van der Waals surface area contributed by atoms with Gasteiger partial charge in [-0.15, -0.1) is 13.2 Å². The van der Waals surface area contributed by atoms with Crippen molar-refractivity contribution in [2.75, 3.05) is 0 Å². The first kappa shape index (κ1) is 13.9. The molecule has 0 spiro atoms. The Morgan fingerprint density at radius 1 is 1.59 bits per heavy atom. The second-order valence-corrected chi connectivity index (χ2v) is 3.91. The first-order valence-corrected chi connectivity index (χ1v) is 5.11. The highest BCUT2D eigenvalue weighted by Gasteiger charge is 2.35. The van der Waals surface area contributed by atoms with Crippen molar-refractivity contribution in [2.24, 2.45) is 5.73 Å². The number of ether oxygens (including phenoxy) is 1. The van der Waals surface area contributed by atoms with Gasteiger partial charge in [0.2, 0.25) is 5.88 Å². The topological polar surface area (TPSA) is 91.3 Å². The average Bonchev–Trinajstić information content (AvgIpc) is 2.17. The van der Waals surface area contributed by atoms with Crippen LogP contribution in [0.25, 0.3) is 0 Å². The third-order valence-corrected chi connectivity index (χ3v) is 2.45. The molecule has 0 radical (unpaired) electrons. The summed E-state index contributed by atoms with van der Waals surface area (Å²) in [6.07, 6.45) is -4.06. The van der Waals surface area contributed by atoms with Crippen molar-refractivity contribution >= 4 is 28.3 Å². The number of aromatic nitrogens is 1. The largest absolute Gasteiger partial charge is 0.574 e. The fourth-order valence-electron chi connectivity index (χ4n) is 1.08. The molecule has 0 fully saturated rings. The molecule has 0 aliphatic heterocycles. The molecule has 1 aromatic rings. The average molecular weight is 363 g/mol. The van der Waals surface area contributed by atoms with Crippen molar-refractivity contribution in [1.82, 2.24) is 4.98 Å². The van der Waals surface area contributed by atoms with Gasteiger partial charge in [-0.2, -0.15) is 0 Å². The number of pyridine rings is 1. The molecule has 17 heavy (non-hydrogen) atoms. The third-order valence-electron chi connectivity index (χ3n) is 1.66. The zero-order chi connectivity index (χ0) is 13.2. The summed E-state index contributed by atoms with van der Waals surface area (Å²) in [5.41, 5.74) is 4.27. The van der Waals surface area contributed by atoms with Gasteiger partial charge in [0.1, 0.15) is 9.13 Å². The van der Waals surface area contributed by atoms with Gasteiger partial charge in [-0.3, -0.25) is 10.1 Å². The van der Waals surface area contributed by atoms with Crippen LogP contribution in [0.4, 0.5) is 18.9 Å². The monoisotopic (exact) mass is 363 g/mol. The molecule has 10 heteroatoms. The Morgan fingerprint density at radius 2 is 2.18 bits per heavy atom. The van der Waals surface area contributed by atoms with Gasteiger partial charge in [0.15, 0.2) is 0 Å². The van der Waals surface area contributed by atoms with Gasteiger partial charge in [0.05, 0.1) is 11.1 Å². The summed E-state index contributed by atoms with van der Waals surface area (Å²) in [6, 6.07) is 0. The Kier molecular flexibility index (Phi) is 4.08. The molecule has 1 heterocycles. The summed E-state index contributed by atoms with van der Waals surface area (Å²) < 4.78 is 39.7. The van der Waals surface area contributed by atoms with Crippen molar-refractivity contribution in [3.63, 3.8) is 0 Å². The van der Waals surface area contributed by atoms with Crippen molar-refractivity contribution < 1.29 is 22.8 Å². The SMILES string of the molecule is NCc1c(OC(F)(F)F)ncc(I)c1[N+](=O)[O-]. The van der Waals surface area contributed by atoms with Crippen LogP contribution in [0.2, 0.25) is 0 Å². The van der Waals surface area contributed by atoms with Crippen LogP contribution in [0.15, 0.2) is 6.20 Å². The molecule has 0 bridgehead atoms. The van der Waals surface area contributed by atoms with E-state index >= 15 is 0 Å². The molecule has 0 aliphatic rings. The highest BCUT2D eigenvalue weighted by molar-refractivity contribution is 14.1. The van der Waals surface area contributed by atoms with Crippen LogP contribution >= 0.6 is 22.6 Å². The molecule has 0 saturated heterocycles. The molecule has 2 N–H and O–H groups in total. The Labute approximate surface area is 106 Å². The molecule has 0 amide bonds. The minimum absolute atomic E-state index is 0.0857. The molecule has 0 atom stereocenters. The van der Waals surface area contributed by atoms with Gasteiger partial charge in [-0.1, -0.05) is 0 Å². The predicted octanol–water partition coefficient (Wildman–Crippen LogP) is 1.95. The molecular weight excluding hydrogens is 358 g/mol. The number of nitrogens with zero attached hydrogens (tertiary/aromatic N) is 2. The van der Waals surface area contributed by atoms with Crippen LogP contribution < -0.4 is 10.5 Å². The Hall–Kier alpha value is -1.17. The standard InChI is InChI=1S/C7H5F3IN3O3/c8-7(9,10)17-6-3(1-12)5(14(15)16)4(11)2-13-6/h2H,1,12H2. The lowest BCUT2D eigenvalue weighted by molar-refractivity contribution is -0.386. The van der Waals surface area contributed by atoms with Gasteiger partial charge in [-0.05, 0) is 22.6 Å². The number of hydrogen-bond donors (Lipinski definition) is 1. The van der Waals surface area contributed by atoms with E-state index in [1.807, 2.05) is 0 Å². The van der Waals surface area contributed by atoms with Gasteiger partial charge in [0.25, 0.3) is 5.69 Å². The highest BCUT2D eigenvalue weighted by Crippen LogP contribution is 2.33. The second-order valence-electron chi connectivity index (χ2n) is 2.75. The van der Waals surface area contributed by atoms with Crippen LogP contribution in [0.5, 0.6) is 5.88 Å². The number of nitrogens with two attached hydrogens (primary N) is 1. The van der Waals surface area contributed by atoms with Crippen LogP contribution in [0.3, 0.4) is 0 Å². The quantitative estimate of drug-likeness (QED) is 0.504. The molecule has 0 aliphatic carbocycles. The van der Waals surface area contributed by atoms with Crippen LogP contribution in [-0.4, -0.2) is 16.3 Å². The molecular formula is C7H5F3IN3O3. The van der Waals surface area contributed by atoms with Gasteiger partial charge >= 0.3 is 6.36 Å². The molecule has 0 unspecified atom stereocenters. The van der Waals surface area contributed by atoms with E-state index in [0.717, 1.165) is 6.20 Å². The molecule has 1 rings (SSSR count). The number of alkyl halides is 3. The summed E-state index contributed by atoms with van der Waals surface area (Å²) in [5, 5.41) is 10.7. The fraction of sp³-hybridized carbons (Fsp3) is 0.286. The predicted molar refractivity (Wildman–Crippen MR) is 58.2 cm³/mol. The first-order valence-electron chi connectivity index (χ1n) is 4.04. The van der Waals surface area contributed by atoms with Crippen molar-refractivity contribution in [1.29, 1.82) is 0 Å². The lowest BCUT2D eigenvalue weighted by Gasteiger charge is -2.11. The smallest absolute Gasteiger partial charge is 0.387 e. The summed E-state index contributed by atoms with van der Waals surface area (Å²) in [7, 11) is 0. The fourth-order valence-corrected chi connectivity index (χ4v) is 1.74. The summed E-state index contributed by atoms with van der Waals surface area (Å²) >= 11 is 1.58. The maximum absolute atomic E-state index is 12.0. The maximum Gasteiger partial charge on any atom is 0.574 e. The van der Waals surface area contributed by atoms with Crippen LogP contribution in [0.1, 0.15) is 5.56 Å². The Balaban J connectivity index is 3.33. The zero-order valence-corrected chi connectivity index (χ0v) is 10.2. The lowest BCUT2D eigenvalue weighted by atomic mass is 10.2. The molecule has 6 nitrogen and oxygen atoms in total. The van der Waals surface area contributed by atoms with E-state index in [1.165, 1.54) is 0 Å². The van der Waals surface area contributed by atoms with E-state index in [1.54, 1.807) is 22.6 Å². The van der Waals surface area contributed by atoms with E-state index in [2.05, 4.69) is 9.72 Å². The van der Waals surface area contributed by atoms with Gasteiger partial charge in [0, 0.05) is 6.54 Å². The first-order chi connectivity index (χ1) is 7.76. The summed E-state index contributed by atoms with van der Waals surface area (Å²) in [6.45, 7) is -0.481. The van der Waals surface area contributed by atoms with Crippen molar-refractivity contribution in [3.05, 3.63) is 25.4 Å². The van der Waals surface area contributed by atoms with E-state index in [-0.39, 0.29) is 9.13 Å². The Bertz CT molecular complexity index is 452. The highest BCUT2D eigenvalue weighted by atomic mass is 127. The van der Waals surface area contributed by atoms with Crippen molar-refractivity contribution in [2.45, 2.75) is 12.9 Å². The summed E-state index contributed by atoms with van der Waals surface area (Å²) in [4.78, 5) is 13.2. The van der Waals surface area contributed by atoms with E-state index < -0.39 is 29.4 Å². The van der Waals surface area contributed by atoms with Crippen LogP contribution in [-0.2, 0) is 6.54 Å². The number of hydrogen-bond acceptors (Lipinski definition) is 5. The minimum Gasteiger partial charge on any atom is -0.387 e. The van der Waals surface area contributed by atoms with Gasteiger partial charge < -0.3 is 10.5 Å². The van der Waals surface area contributed by atoms with Gasteiger partial charge in [-0.25, -0.2) is 4.98 Å². The second kappa shape index (κ2) is 5.00. The number of rotatable bonds is 3. The van der Waals surface area contributed by atoms with E-state index in [4.69, 9.17) is 5.73 Å². The normalized spacial score (nSPS) is 11.4. The van der Waals surface area contributed by atoms with Crippen LogP contribution in [0, 0.1) is 13.7 Å². The number of halogens is 4. The Morgan fingerprint density at radius 3 is 2.59 bits per heavy atom. The molecule has 94 valence electrons. The minimum atomic E-state index is -4.97. The molecule has 0 aromatic carbocycles. The van der Waals surface area contributed by atoms with Crippen molar-refractivity contribution in [3.8, 4) is 5.88 Å². The third kappa shape index (κ3) is 3.39. The zero-order valence-electron chi connectivity index (χ0n) is 7.99. The summed E-state index contributed by atoms with van der Waals surface area (Å²) in [5.74, 6) is -0.896. The molecule has 0 saturated carbocycles. The van der Waals surface area contributed by atoms with E-state index in [9.17, 15) is 23.3 Å². The number of nitro groups is 1. The lowest BCUT2D eigenvalue weighted by Crippen LogP contribution is -2.20. The maximum atomic E-state index is 12.0. The molecule has 1 aromatic heterocycles. The van der Waals surface area contributed by atoms with E-state index in [0.29, 0.717) is 0 Å².